The molecule has 0 radical (unpaired) electrons. The molecule has 1 aliphatic rings. The topological polar surface area (TPSA) is 3.24 Å². The van der Waals surface area contributed by atoms with Gasteiger partial charge in [0.05, 0.1) is 0 Å². The van der Waals surface area contributed by atoms with E-state index in [0.717, 1.165) is 12.5 Å². The third kappa shape index (κ3) is 1.93. The number of rotatable bonds is 2. The van der Waals surface area contributed by atoms with Crippen LogP contribution in [0, 0.1) is 5.92 Å². The van der Waals surface area contributed by atoms with Crippen molar-refractivity contribution in [3.05, 3.63) is 35.4 Å². The SMILES string of the molecule is CCN(C)C1c2ccccc2CCC1C. The van der Waals surface area contributed by atoms with Gasteiger partial charge < -0.3 is 0 Å². The highest BCUT2D eigenvalue weighted by atomic mass is 15.1. The number of hydrogen-bond donors (Lipinski definition) is 0. The van der Waals surface area contributed by atoms with Crippen LogP contribution in [0.5, 0.6) is 0 Å². The van der Waals surface area contributed by atoms with Crippen LogP contribution in [-0.2, 0) is 6.42 Å². The molecule has 1 aromatic rings. The Morgan fingerprint density at radius 1 is 1.33 bits per heavy atom. The molecule has 0 N–H and O–H groups in total. The van der Waals surface area contributed by atoms with Gasteiger partial charge in [-0.25, -0.2) is 0 Å². The van der Waals surface area contributed by atoms with Crippen LogP contribution in [0.15, 0.2) is 24.3 Å². The van der Waals surface area contributed by atoms with Crippen molar-refractivity contribution in [1.29, 1.82) is 0 Å². The Bertz CT molecular complexity index is 332. The van der Waals surface area contributed by atoms with E-state index >= 15 is 0 Å². The normalized spacial score (nSPS) is 25.3. The molecule has 0 aromatic heterocycles. The lowest BCUT2D eigenvalue weighted by Gasteiger charge is -2.37. The van der Waals surface area contributed by atoms with Crippen LogP contribution in [0.4, 0.5) is 0 Å². The molecule has 0 heterocycles. The maximum Gasteiger partial charge on any atom is 0.0373 e. The van der Waals surface area contributed by atoms with Crippen molar-refractivity contribution in [2.24, 2.45) is 5.92 Å². The Hall–Kier alpha value is -0.820. The first-order chi connectivity index (χ1) is 7.24. The van der Waals surface area contributed by atoms with Gasteiger partial charge in [0, 0.05) is 6.04 Å². The van der Waals surface area contributed by atoms with Crippen LogP contribution >= 0.6 is 0 Å². The Labute approximate surface area is 93.1 Å². The molecule has 1 heteroatoms. The number of aryl methyl sites for hydroxylation is 1. The summed E-state index contributed by atoms with van der Waals surface area (Å²) in [6.07, 6.45) is 2.58. The molecular weight excluding hydrogens is 182 g/mol. The summed E-state index contributed by atoms with van der Waals surface area (Å²) in [5.74, 6) is 0.782. The monoisotopic (exact) mass is 203 g/mol. The molecule has 0 amide bonds. The van der Waals surface area contributed by atoms with E-state index < -0.39 is 0 Å². The van der Waals surface area contributed by atoms with Crippen molar-refractivity contribution < 1.29 is 0 Å². The van der Waals surface area contributed by atoms with Gasteiger partial charge >= 0.3 is 0 Å². The zero-order chi connectivity index (χ0) is 10.8. The van der Waals surface area contributed by atoms with Gasteiger partial charge in [0.15, 0.2) is 0 Å². The second-order valence-electron chi connectivity index (χ2n) is 4.73. The highest BCUT2D eigenvalue weighted by Gasteiger charge is 2.28. The fraction of sp³-hybridized carbons (Fsp3) is 0.571. The standard InChI is InChI=1S/C14H21N/c1-4-15(3)14-11(2)9-10-12-7-5-6-8-13(12)14/h5-8,11,14H,4,9-10H2,1-3H3. The lowest BCUT2D eigenvalue weighted by molar-refractivity contribution is 0.176. The van der Waals surface area contributed by atoms with Crippen molar-refractivity contribution >= 4 is 0 Å². The second kappa shape index (κ2) is 4.36. The quantitative estimate of drug-likeness (QED) is 0.713. The first kappa shape index (κ1) is 10.7. The minimum absolute atomic E-state index is 0.625. The van der Waals surface area contributed by atoms with Crippen LogP contribution in [0.1, 0.15) is 37.4 Å². The van der Waals surface area contributed by atoms with Crippen molar-refractivity contribution in [2.45, 2.75) is 32.7 Å². The molecule has 0 bridgehead atoms. The molecular formula is C14H21N. The van der Waals surface area contributed by atoms with Gasteiger partial charge in [0.2, 0.25) is 0 Å². The van der Waals surface area contributed by atoms with Gasteiger partial charge in [0.25, 0.3) is 0 Å². The van der Waals surface area contributed by atoms with Gasteiger partial charge in [-0.3, -0.25) is 4.90 Å². The molecule has 2 rings (SSSR count). The summed E-state index contributed by atoms with van der Waals surface area (Å²) in [5, 5.41) is 0. The Kier molecular flexibility index (Phi) is 3.11. The fourth-order valence-corrected chi connectivity index (χ4v) is 2.77. The highest BCUT2D eigenvalue weighted by molar-refractivity contribution is 5.32. The van der Waals surface area contributed by atoms with E-state index in [1.54, 1.807) is 11.1 Å². The average Bonchev–Trinajstić information content (AvgIpc) is 2.28. The predicted octanol–water partition coefficient (Wildman–Crippen LogP) is 3.26. The molecule has 1 nitrogen and oxygen atoms in total. The molecule has 82 valence electrons. The Balaban J connectivity index is 2.37. The zero-order valence-corrected chi connectivity index (χ0v) is 10.0. The second-order valence-corrected chi connectivity index (χ2v) is 4.73. The maximum absolute atomic E-state index is 2.47. The van der Waals surface area contributed by atoms with Crippen molar-refractivity contribution in [3.63, 3.8) is 0 Å². The number of benzene rings is 1. The van der Waals surface area contributed by atoms with E-state index in [4.69, 9.17) is 0 Å². The van der Waals surface area contributed by atoms with E-state index in [1.807, 2.05) is 0 Å². The highest BCUT2D eigenvalue weighted by Crippen LogP contribution is 2.37. The van der Waals surface area contributed by atoms with Gasteiger partial charge in [-0.2, -0.15) is 0 Å². The van der Waals surface area contributed by atoms with Crippen molar-refractivity contribution in [1.82, 2.24) is 4.90 Å². The fourth-order valence-electron chi connectivity index (χ4n) is 2.77. The summed E-state index contributed by atoms with van der Waals surface area (Å²) in [6, 6.07) is 9.56. The van der Waals surface area contributed by atoms with Gasteiger partial charge in [-0.05, 0) is 43.5 Å². The van der Waals surface area contributed by atoms with Crippen LogP contribution < -0.4 is 0 Å². The first-order valence-electron chi connectivity index (χ1n) is 6.02. The van der Waals surface area contributed by atoms with E-state index in [1.165, 1.54) is 12.8 Å². The third-order valence-electron chi connectivity index (χ3n) is 3.76. The van der Waals surface area contributed by atoms with Gasteiger partial charge in [-0.1, -0.05) is 38.1 Å². The molecule has 0 saturated carbocycles. The summed E-state index contributed by atoms with van der Waals surface area (Å²) in [4.78, 5) is 2.47. The van der Waals surface area contributed by atoms with Gasteiger partial charge in [-0.15, -0.1) is 0 Å². The molecule has 0 aliphatic heterocycles. The summed E-state index contributed by atoms with van der Waals surface area (Å²) >= 11 is 0. The summed E-state index contributed by atoms with van der Waals surface area (Å²) in [7, 11) is 2.24. The van der Waals surface area contributed by atoms with Crippen LogP contribution in [0.3, 0.4) is 0 Å². The molecule has 0 saturated heterocycles. The number of fused-ring (bicyclic) bond motifs is 1. The third-order valence-corrected chi connectivity index (χ3v) is 3.76. The van der Waals surface area contributed by atoms with Crippen molar-refractivity contribution in [3.8, 4) is 0 Å². The minimum Gasteiger partial charge on any atom is -0.299 e. The number of nitrogens with zero attached hydrogens (tertiary/aromatic N) is 1. The lowest BCUT2D eigenvalue weighted by atomic mass is 9.80. The molecule has 1 aliphatic carbocycles. The zero-order valence-electron chi connectivity index (χ0n) is 10.0. The number of hydrogen-bond acceptors (Lipinski definition) is 1. The molecule has 15 heavy (non-hydrogen) atoms. The Morgan fingerprint density at radius 3 is 2.80 bits per heavy atom. The molecule has 2 unspecified atom stereocenters. The minimum atomic E-state index is 0.625. The maximum atomic E-state index is 2.47. The summed E-state index contributed by atoms with van der Waals surface area (Å²) in [5.41, 5.74) is 3.11. The van der Waals surface area contributed by atoms with E-state index in [2.05, 4.69) is 50.1 Å². The largest absolute Gasteiger partial charge is 0.299 e. The average molecular weight is 203 g/mol. The van der Waals surface area contributed by atoms with Crippen LogP contribution in [0.25, 0.3) is 0 Å². The first-order valence-corrected chi connectivity index (χ1v) is 6.02. The molecule has 0 spiro atoms. The van der Waals surface area contributed by atoms with Crippen LogP contribution in [-0.4, -0.2) is 18.5 Å². The molecule has 1 aromatic carbocycles. The molecule has 0 fully saturated rings. The van der Waals surface area contributed by atoms with E-state index in [0.29, 0.717) is 6.04 Å². The Morgan fingerprint density at radius 2 is 2.07 bits per heavy atom. The molecule has 2 atom stereocenters. The smallest absolute Gasteiger partial charge is 0.0373 e. The van der Waals surface area contributed by atoms with Crippen molar-refractivity contribution in [2.75, 3.05) is 13.6 Å². The van der Waals surface area contributed by atoms with Gasteiger partial charge in [0.1, 0.15) is 0 Å². The van der Waals surface area contributed by atoms with Crippen LogP contribution in [0.2, 0.25) is 0 Å². The van der Waals surface area contributed by atoms with E-state index in [9.17, 15) is 0 Å². The lowest BCUT2D eigenvalue weighted by Crippen LogP contribution is -2.32. The predicted molar refractivity (Wildman–Crippen MR) is 65.0 cm³/mol. The summed E-state index contributed by atoms with van der Waals surface area (Å²) in [6.45, 7) is 5.75. The summed E-state index contributed by atoms with van der Waals surface area (Å²) < 4.78 is 0. The van der Waals surface area contributed by atoms with E-state index in [-0.39, 0.29) is 0 Å².